The smallest absolute Gasteiger partial charge is 0.156 e. The van der Waals surface area contributed by atoms with Crippen molar-refractivity contribution in [1.29, 1.82) is 0 Å². The van der Waals surface area contributed by atoms with E-state index in [1.54, 1.807) is 11.1 Å². The maximum absolute atomic E-state index is 12.7. The van der Waals surface area contributed by atoms with Gasteiger partial charge in [-0.3, -0.25) is 9.69 Å². The van der Waals surface area contributed by atoms with Gasteiger partial charge in [0, 0.05) is 18.9 Å². The second kappa shape index (κ2) is 8.28. The summed E-state index contributed by atoms with van der Waals surface area (Å²) in [7, 11) is 0. The lowest BCUT2D eigenvalue weighted by molar-refractivity contribution is -0.115. The van der Waals surface area contributed by atoms with Crippen LogP contribution in [0.25, 0.3) is 0 Å². The molecule has 2 heteroatoms. The molecule has 170 valence electrons. The summed E-state index contributed by atoms with van der Waals surface area (Å²) in [5.41, 5.74) is 8.10. The van der Waals surface area contributed by atoms with E-state index < -0.39 is 0 Å². The van der Waals surface area contributed by atoms with Crippen molar-refractivity contribution in [1.82, 2.24) is 4.90 Å². The molecule has 1 aliphatic heterocycles. The summed E-state index contributed by atoms with van der Waals surface area (Å²) in [6.45, 7) is 6.13. The van der Waals surface area contributed by atoms with Crippen LogP contribution in [-0.2, 0) is 11.3 Å². The van der Waals surface area contributed by atoms with E-state index in [2.05, 4.69) is 36.1 Å². The number of benzene rings is 1. The Morgan fingerprint density at radius 1 is 0.969 bits per heavy atom. The summed E-state index contributed by atoms with van der Waals surface area (Å²) in [5.74, 6) is 2.28. The Hall–Kier alpha value is -1.67. The fraction of sp³-hybridized carbons (Fsp3) is 0.633. The molecule has 1 aromatic rings. The number of ketones is 1. The lowest BCUT2D eigenvalue weighted by atomic mass is 9.56. The maximum Gasteiger partial charge on any atom is 0.156 e. The largest absolute Gasteiger partial charge is 0.299 e. The zero-order valence-corrected chi connectivity index (χ0v) is 19.9. The normalized spacial score (nSPS) is 35.2. The SMILES string of the molecule is C[C@@]12CCC[C@H]1[C@@H]1CCC3=CC(=O)CC(c4ccc(CN5CCCCC5)cc4)C3=C1CC2. The Kier molecular flexibility index (Phi) is 5.41. The Labute approximate surface area is 194 Å². The molecule has 3 fully saturated rings. The van der Waals surface area contributed by atoms with Crippen LogP contribution in [0.3, 0.4) is 0 Å². The van der Waals surface area contributed by atoms with Crippen LogP contribution in [0.5, 0.6) is 0 Å². The Bertz CT molecular complexity index is 948. The molecule has 0 amide bonds. The Balaban J connectivity index is 1.31. The first-order valence-electron chi connectivity index (χ1n) is 13.4. The van der Waals surface area contributed by atoms with Gasteiger partial charge in [0.25, 0.3) is 0 Å². The molecule has 1 saturated heterocycles. The van der Waals surface area contributed by atoms with Crippen molar-refractivity contribution >= 4 is 5.78 Å². The summed E-state index contributed by atoms with van der Waals surface area (Å²) < 4.78 is 0. The number of carbonyl (C=O) groups is 1. The van der Waals surface area contributed by atoms with Gasteiger partial charge in [-0.2, -0.15) is 0 Å². The van der Waals surface area contributed by atoms with Crippen LogP contribution in [0, 0.1) is 17.3 Å². The molecule has 0 radical (unpaired) electrons. The summed E-state index contributed by atoms with van der Waals surface area (Å²) in [6.07, 6.45) is 16.0. The third-order valence-corrected chi connectivity index (χ3v) is 9.80. The highest BCUT2D eigenvalue weighted by molar-refractivity contribution is 5.94. The third kappa shape index (κ3) is 3.63. The van der Waals surface area contributed by atoms with Crippen molar-refractivity contribution in [3.8, 4) is 0 Å². The summed E-state index contributed by atoms with van der Waals surface area (Å²) in [6, 6.07) is 9.37. The van der Waals surface area contributed by atoms with Crippen molar-refractivity contribution in [3.05, 3.63) is 58.2 Å². The molecule has 0 spiro atoms. The molecule has 1 heterocycles. The summed E-state index contributed by atoms with van der Waals surface area (Å²) in [4.78, 5) is 15.3. The number of allylic oxidation sites excluding steroid dienone is 4. The fourth-order valence-electron chi connectivity index (χ4n) is 8.14. The van der Waals surface area contributed by atoms with Crippen LogP contribution in [-0.4, -0.2) is 23.8 Å². The average Bonchev–Trinajstić information content (AvgIpc) is 3.21. The topological polar surface area (TPSA) is 20.3 Å². The van der Waals surface area contributed by atoms with Crippen LogP contribution in [0.4, 0.5) is 0 Å². The van der Waals surface area contributed by atoms with Crippen molar-refractivity contribution in [2.24, 2.45) is 17.3 Å². The molecule has 6 rings (SSSR count). The number of piperidine rings is 1. The van der Waals surface area contributed by atoms with Gasteiger partial charge in [0.1, 0.15) is 0 Å². The number of fused-ring (bicyclic) bond motifs is 4. The highest BCUT2D eigenvalue weighted by atomic mass is 16.1. The molecular weight excluding hydrogens is 390 g/mol. The zero-order chi connectivity index (χ0) is 21.7. The predicted molar refractivity (Wildman–Crippen MR) is 130 cm³/mol. The van der Waals surface area contributed by atoms with Crippen LogP contribution < -0.4 is 0 Å². The van der Waals surface area contributed by atoms with Gasteiger partial charge in [0.05, 0.1) is 0 Å². The van der Waals surface area contributed by atoms with Gasteiger partial charge in [-0.25, -0.2) is 0 Å². The first-order valence-corrected chi connectivity index (χ1v) is 13.4. The van der Waals surface area contributed by atoms with Crippen molar-refractivity contribution in [3.63, 3.8) is 0 Å². The number of rotatable bonds is 3. The zero-order valence-electron chi connectivity index (χ0n) is 19.9. The molecular formula is C30H39NO. The van der Waals surface area contributed by atoms with Crippen LogP contribution in [0.2, 0.25) is 0 Å². The molecule has 5 aliphatic rings. The van der Waals surface area contributed by atoms with E-state index in [1.807, 2.05) is 6.08 Å². The second-order valence-electron chi connectivity index (χ2n) is 11.7. The van der Waals surface area contributed by atoms with Crippen LogP contribution in [0.15, 0.2) is 47.1 Å². The lowest BCUT2D eigenvalue weighted by Crippen LogP contribution is -2.37. The van der Waals surface area contributed by atoms with E-state index in [0.717, 1.165) is 24.8 Å². The number of likely N-dealkylation sites (tertiary alicyclic amines) is 1. The molecule has 1 unspecified atom stereocenters. The van der Waals surface area contributed by atoms with E-state index in [4.69, 9.17) is 0 Å². The van der Waals surface area contributed by atoms with E-state index >= 15 is 0 Å². The molecule has 0 bridgehead atoms. The molecule has 0 aromatic heterocycles. The third-order valence-electron chi connectivity index (χ3n) is 9.80. The number of carbonyl (C=O) groups excluding carboxylic acids is 1. The van der Waals surface area contributed by atoms with Crippen LogP contribution >= 0.6 is 0 Å². The van der Waals surface area contributed by atoms with Gasteiger partial charge in [-0.1, -0.05) is 49.6 Å². The molecule has 2 saturated carbocycles. The summed E-state index contributed by atoms with van der Waals surface area (Å²) in [5, 5.41) is 0. The van der Waals surface area contributed by atoms with E-state index in [0.29, 0.717) is 17.6 Å². The molecule has 32 heavy (non-hydrogen) atoms. The molecule has 0 N–H and O–H groups in total. The van der Waals surface area contributed by atoms with Gasteiger partial charge in [0.2, 0.25) is 0 Å². The molecule has 4 aliphatic carbocycles. The Morgan fingerprint density at radius 2 is 1.78 bits per heavy atom. The van der Waals surface area contributed by atoms with Gasteiger partial charge < -0.3 is 0 Å². The highest BCUT2D eigenvalue weighted by Crippen LogP contribution is 2.61. The minimum Gasteiger partial charge on any atom is -0.299 e. The minimum atomic E-state index is 0.287. The van der Waals surface area contributed by atoms with E-state index in [1.165, 1.54) is 87.6 Å². The highest BCUT2D eigenvalue weighted by Gasteiger charge is 2.49. The predicted octanol–water partition coefficient (Wildman–Crippen LogP) is 6.96. The van der Waals surface area contributed by atoms with Crippen molar-refractivity contribution in [2.45, 2.75) is 90.0 Å². The average molecular weight is 430 g/mol. The minimum absolute atomic E-state index is 0.287. The standard InChI is InChI=1S/C30H39NO/c1-30-14-5-6-28(30)25-12-11-23-18-24(32)19-27(29(23)26(25)13-15-30)22-9-7-21(8-10-22)20-31-16-3-2-4-17-31/h7-10,18,25,27-28H,2-6,11-17,19-20H2,1H3/t25-,27?,28+,30+/m1/s1. The second-order valence-corrected chi connectivity index (χ2v) is 11.7. The maximum atomic E-state index is 12.7. The van der Waals surface area contributed by atoms with Gasteiger partial charge >= 0.3 is 0 Å². The quantitative estimate of drug-likeness (QED) is 0.517. The van der Waals surface area contributed by atoms with Crippen molar-refractivity contribution < 1.29 is 4.79 Å². The molecule has 4 atom stereocenters. The molecule has 1 aromatic carbocycles. The van der Waals surface area contributed by atoms with Crippen LogP contribution in [0.1, 0.15) is 94.6 Å². The number of hydrogen-bond acceptors (Lipinski definition) is 2. The molecule has 2 nitrogen and oxygen atoms in total. The Morgan fingerprint density at radius 3 is 2.59 bits per heavy atom. The van der Waals surface area contributed by atoms with Gasteiger partial charge in [-0.05, 0) is 110 Å². The fourth-order valence-corrected chi connectivity index (χ4v) is 8.14. The first kappa shape index (κ1) is 20.9. The number of hydrogen-bond donors (Lipinski definition) is 0. The summed E-state index contributed by atoms with van der Waals surface area (Å²) >= 11 is 0. The van der Waals surface area contributed by atoms with E-state index in [-0.39, 0.29) is 5.92 Å². The van der Waals surface area contributed by atoms with Crippen molar-refractivity contribution in [2.75, 3.05) is 13.1 Å². The first-order chi connectivity index (χ1) is 15.6. The lowest BCUT2D eigenvalue weighted by Gasteiger charge is -2.48. The number of nitrogens with zero attached hydrogens (tertiary/aromatic N) is 1. The van der Waals surface area contributed by atoms with Gasteiger partial charge in [0.15, 0.2) is 5.78 Å². The van der Waals surface area contributed by atoms with Gasteiger partial charge in [-0.15, -0.1) is 0 Å². The monoisotopic (exact) mass is 429 g/mol. The van der Waals surface area contributed by atoms with E-state index in [9.17, 15) is 4.79 Å².